The van der Waals surface area contributed by atoms with E-state index in [1.807, 2.05) is 33.8 Å². The topological polar surface area (TPSA) is 65.1 Å². The molecule has 1 aromatic carbocycles. The molecule has 0 atom stereocenters. The first-order valence-electron chi connectivity index (χ1n) is 9.48. The molecule has 2 aliphatic heterocycles. The fraction of sp³-hybridized carbons (Fsp3) is 0.524. The van der Waals surface area contributed by atoms with E-state index in [9.17, 15) is 9.59 Å². The van der Waals surface area contributed by atoms with Crippen molar-refractivity contribution < 1.29 is 23.8 Å². The summed E-state index contributed by atoms with van der Waals surface area (Å²) in [7, 11) is 0. The lowest BCUT2D eigenvalue weighted by atomic mass is 9.88. The van der Waals surface area contributed by atoms with Crippen LogP contribution in [0.15, 0.2) is 18.2 Å². The van der Waals surface area contributed by atoms with Gasteiger partial charge in [-0.05, 0) is 45.9 Å². The number of hydrogen-bond donors (Lipinski definition) is 0. The molecular formula is C21H26BrNO5. The number of likely N-dealkylation sites (tertiary alicyclic amines) is 1. The van der Waals surface area contributed by atoms with Gasteiger partial charge in [0.05, 0.1) is 6.61 Å². The van der Waals surface area contributed by atoms with Gasteiger partial charge in [0.15, 0.2) is 11.5 Å². The Hall–Kier alpha value is -2.02. The second kappa shape index (κ2) is 7.78. The molecule has 152 valence electrons. The van der Waals surface area contributed by atoms with Gasteiger partial charge in [0.25, 0.3) is 0 Å². The van der Waals surface area contributed by atoms with E-state index in [-0.39, 0.29) is 6.09 Å². The monoisotopic (exact) mass is 451 g/mol. The highest BCUT2D eigenvalue weighted by Crippen LogP contribution is 2.48. The molecule has 0 bridgehead atoms. The van der Waals surface area contributed by atoms with Gasteiger partial charge in [-0.25, -0.2) is 4.79 Å². The molecule has 1 spiro atoms. The molecule has 0 saturated carbocycles. The van der Waals surface area contributed by atoms with Gasteiger partial charge in [0, 0.05) is 41.5 Å². The van der Waals surface area contributed by atoms with E-state index in [4.69, 9.17) is 14.2 Å². The lowest BCUT2D eigenvalue weighted by molar-refractivity contribution is -0.00178. The van der Waals surface area contributed by atoms with Crippen LogP contribution in [0.4, 0.5) is 4.79 Å². The molecule has 1 saturated heterocycles. The molecule has 0 aliphatic carbocycles. The van der Waals surface area contributed by atoms with Gasteiger partial charge in [0.1, 0.15) is 17.5 Å². The largest absolute Gasteiger partial charge is 0.490 e. The zero-order valence-electron chi connectivity index (χ0n) is 16.7. The summed E-state index contributed by atoms with van der Waals surface area (Å²) in [4.78, 5) is 25.3. The minimum atomic E-state index is -0.529. The first kappa shape index (κ1) is 20.7. The number of ether oxygens (including phenoxy) is 3. The minimum absolute atomic E-state index is 0.299. The van der Waals surface area contributed by atoms with E-state index in [0.717, 1.165) is 16.3 Å². The van der Waals surface area contributed by atoms with Crippen LogP contribution in [0.1, 0.15) is 56.5 Å². The van der Waals surface area contributed by atoms with Crippen LogP contribution in [0.2, 0.25) is 0 Å². The van der Waals surface area contributed by atoms with Crippen molar-refractivity contribution in [3.63, 3.8) is 0 Å². The lowest BCUT2D eigenvalue weighted by Crippen LogP contribution is -2.50. The van der Waals surface area contributed by atoms with E-state index < -0.39 is 11.2 Å². The number of hydrogen-bond acceptors (Lipinski definition) is 5. The van der Waals surface area contributed by atoms with Crippen LogP contribution in [-0.2, 0) is 4.74 Å². The summed E-state index contributed by atoms with van der Waals surface area (Å²) < 4.78 is 18.5. The molecule has 6 nitrogen and oxygen atoms in total. The Balaban J connectivity index is 1.82. The van der Waals surface area contributed by atoms with E-state index in [0.29, 0.717) is 49.6 Å². The molecule has 2 aliphatic rings. The third-order valence-electron chi connectivity index (χ3n) is 4.73. The van der Waals surface area contributed by atoms with Gasteiger partial charge in [-0.1, -0.05) is 15.9 Å². The molecule has 7 heteroatoms. The van der Waals surface area contributed by atoms with Crippen molar-refractivity contribution in [2.45, 2.75) is 51.7 Å². The summed E-state index contributed by atoms with van der Waals surface area (Å²) in [6.45, 7) is 9.02. The minimum Gasteiger partial charge on any atom is -0.490 e. The Bertz CT molecular complexity index is 804. The van der Waals surface area contributed by atoms with Gasteiger partial charge >= 0.3 is 6.09 Å². The maximum Gasteiger partial charge on any atom is 0.410 e. The van der Waals surface area contributed by atoms with Crippen LogP contribution in [0.25, 0.3) is 4.48 Å². The Morgan fingerprint density at radius 3 is 2.57 bits per heavy atom. The third kappa shape index (κ3) is 4.35. The van der Waals surface area contributed by atoms with Crippen LogP contribution in [0.3, 0.4) is 0 Å². The molecule has 0 unspecified atom stereocenters. The summed E-state index contributed by atoms with van der Waals surface area (Å²) in [6, 6.07) is 3.48. The number of halogens is 1. The number of fused-ring (bicyclic) bond motifs is 1. The highest BCUT2D eigenvalue weighted by molar-refractivity contribution is 9.15. The number of carbonyl (C=O) groups is 2. The Morgan fingerprint density at radius 2 is 2.00 bits per heavy atom. The van der Waals surface area contributed by atoms with Crippen molar-refractivity contribution >= 4 is 32.8 Å². The van der Waals surface area contributed by atoms with Crippen LogP contribution in [0.5, 0.6) is 11.5 Å². The van der Waals surface area contributed by atoms with Gasteiger partial charge < -0.3 is 19.1 Å². The molecule has 3 rings (SSSR count). The second-order valence-corrected chi connectivity index (χ2v) is 8.93. The molecule has 1 fully saturated rings. The number of nitrogens with zero attached hydrogens (tertiary/aromatic N) is 1. The zero-order valence-corrected chi connectivity index (χ0v) is 18.3. The zero-order chi connectivity index (χ0) is 20.5. The standard InChI is InChI=1S/C21H26BrNO5/c1-5-26-17-11-14(13-24)10-15-16(22)12-21(27-18(15)17)6-8-23(9-7-21)19(25)28-20(2,3)4/h10-13H,5-9H2,1-4H3. The summed E-state index contributed by atoms with van der Waals surface area (Å²) in [6.07, 6.45) is 3.81. The number of benzene rings is 1. The summed E-state index contributed by atoms with van der Waals surface area (Å²) in [5.41, 5.74) is 0.289. The van der Waals surface area contributed by atoms with E-state index in [1.54, 1.807) is 17.0 Å². The highest BCUT2D eigenvalue weighted by atomic mass is 79.9. The Labute approximate surface area is 173 Å². The maximum atomic E-state index is 12.3. The van der Waals surface area contributed by atoms with Crippen molar-refractivity contribution in [1.29, 1.82) is 0 Å². The van der Waals surface area contributed by atoms with Crippen molar-refractivity contribution in [3.8, 4) is 11.5 Å². The Morgan fingerprint density at radius 1 is 1.32 bits per heavy atom. The molecule has 0 N–H and O–H groups in total. The number of piperidine rings is 1. The van der Waals surface area contributed by atoms with E-state index in [1.165, 1.54) is 0 Å². The predicted molar refractivity (Wildman–Crippen MR) is 110 cm³/mol. The first-order chi connectivity index (χ1) is 13.2. The average Bonchev–Trinajstić information content (AvgIpc) is 2.61. The average molecular weight is 452 g/mol. The SMILES string of the molecule is CCOc1cc(C=O)cc2c1OC1(C=C2Br)CCN(C(=O)OC(C)(C)C)CC1. The second-order valence-electron chi connectivity index (χ2n) is 8.07. The molecule has 0 radical (unpaired) electrons. The van der Waals surface area contributed by atoms with Gasteiger partial charge in [-0.15, -0.1) is 0 Å². The quantitative estimate of drug-likeness (QED) is 0.617. The van der Waals surface area contributed by atoms with E-state index >= 15 is 0 Å². The molecule has 2 heterocycles. The lowest BCUT2D eigenvalue weighted by Gasteiger charge is -2.42. The van der Waals surface area contributed by atoms with E-state index in [2.05, 4.69) is 15.9 Å². The van der Waals surface area contributed by atoms with Crippen LogP contribution in [0, 0.1) is 0 Å². The smallest absolute Gasteiger partial charge is 0.410 e. The maximum absolute atomic E-state index is 12.3. The van der Waals surface area contributed by atoms with Crippen molar-refractivity contribution in [2.24, 2.45) is 0 Å². The molecule has 28 heavy (non-hydrogen) atoms. The fourth-order valence-electron chi connectivity index (χ4n) is 3.42. The summed E-state index contributed by atoms with van der Waals surface area (Å²) in [5.74, 6) is 1.19. The number of carbonyl (C=O) groups excluding carboxylic acids is 2. The normalized spacial score (nSPS) is 18.0. The number of aldehydes is 1. The van der Waals surface area contributed by atoms with Crippen molar-refractivity contribution in [1.82, 2.24) is 4.90 Å². The van der Waals surface area contributed by atoms with Crippen molar-refractivity contribution in [2.75, 3.05) is 19.7 Å². The number of amides is 1. The van der Waals surface area contributed by atoms with Gasteiger partial charge in [-0.2, -0.15) is 0 Å². The molecule has 0 aromatic heterocycles. The Kier molecular flexibility index (Phi) is 5.75. The van der Waals surface area contributed by atoms with Crippen molar-refractivity contribution in [3.05, 3.63) is 29.3 Å². The molecule has 1 aromatic rings. The van der Waals surface area contributed by atoms with Gasteiger partial charge in [0.2, 0.25) is 0 Å². The molecular weight excluding hydrogens is 426 g/mol. The third-order valence-corrected chi connectivity index (χ3v) is 5.38. The fourth-order valence-corrected chi connectivity index (χ4v) is 4.13. The first-order valence-corrected chi connectivity index (χ1v) is 10.3. The number of rotatable bonds is 3. The van der Waals surface area contributed by atoms with Crippen LogP contribution in [-0.4, -0.2) is 48.2 Å². The summed E-state index contributed by atoms with van der Waals surface area (Å²) in [5, 5.41) is 0. The van der Waals surface area contributed by atoms with Gasteiger partial charge in [-0.3, -0.25) is 4.79 Å². The van der Waals surface area contributed by atoms with Crippen LogP contribution >= 0.6 is 15.9 Å². The highest BCUT2D eigenvalue weighted by Gasteiger charge is 2.41. The molecule has 1 amide bonds. The predicted octanol–water partition coefficient (Wildman–Crippen LogP) is 4.80. The summed E-state index contributed by atoms with van der Waals surface area (Å²) >= 11 is 3.63. The van der Waals surface area contributed by atoms with Crippen LogP contribution < -0.4 is 9.47 Å².